The van der Waals surface area contributed by atoms with Gasteiger partial charge in [0.1, 0.15) is 22.6 Å². The lowest BCUT2D eigenvalue weighted by Crippen LogP contribution is -2.14. The number of rotatable bonds is 5. The minimum absolute atomic E-state index is 0.287. The molecule has 0 radical (unpaired) electrons. The summed E-state index contributed by atoms with van der Waals surface area (Å²) in [5.74, 6) is 0.324. The Balaban J connectivity index is 1.22. The highest BCUT2D eigenvalue weighted by Crippen LogP contribution is 2.49. The third-order valence-electron chi connectivity index (χ3n) is 11.0. The number of aromatic nitrogens is 1. The Morgan fingerprint density at radius 1 is 0.604 bits per heavy atom. The number of carbonyl (C=O) groups excluding carboxylic acids is 1. The Kier molecular flexibility index (Phi) is 7.99. The first-order chi connectivity index (χ1) is 26.2. The Bertz CT molecular complexity index is 2700. The summed E-state index contributed by atoms with van der Waals surface area (Å²) in [6.07, 6.45) is 10.6. The number of amides is 1. The molecule has 1 N–H and O–H groups in total. The molecular formula is C46H37N2O4P. The van der Waals surface area contributed by atoms with Crippen molar-refractivity contribution in [2.45, 2.75) is 51.4 Å². The van der Waals surface area contributed by atoms with E-state index in [1.54, 1.807) is 18.3 Å². The average molecular weight is 713 g/mol. The Hall–Kier alpha value is -5.84. The second kappa shape index (κ2) is 13.3. The van der Waals surface area contributed by atoms with Crippen molar-refractivity contribution in [1.29, 1.82) is 0 Å². The number of benzene rings is 6. The molecule has 8 aromatic rings. The molecule has 6 aromatic carbocycles. The van der Waals surface area contributed by atoms with Gasteiger partial charge in [0.15, 0.2) is 0 Å². The van der Waals surface area contributed by atoms with E-state index in [0.29, 0.717) is 17.1 Å². The van der Waals surface area contributed by atoms with E-state index in [4.69, 9.17) is 12.9 Å². The summed E-state index contributed by atoms with van der Waals surface area (Å²) < 4.78 is 20.8. The number of fused-ring (bicyclic) bond motifs is 9. The average Bonchev–Trinajstić information content (AvgIpc) is 3.38. The van der Waals surface area contributed by atoms with Crippen LogP contribution in [0.3, 0.4) is 0 Å². The van der Waals surface area contributed by atoms with Gasteiger partial charge in [0.25, 0.3) is 5.91 Å². The van der Waals surface area contributed by atoms with Gasteiger partial charge in [-0.3, -0.25) is 9.78 Å². The number of aryl methyl sites for hydroxylation is 4. The molecule has 1 amide bonds. The summed E-state index contributed by atoms with van der Waals surface area (Å²) in [4.78, 5) is 18.0. The molecule has 0 spiro atoms. The number of hydrogen-bond acceptors (Lipinski definition) is 5. The standard InChI is InChI=1S/C46H37N2O4P/c49-46(38-19-9-10-28-47-38)48-37-24-20-29-11-1-5-15-33(29)42(37)43-34-16-6-2-12-30(34)21-25-39(43)50-53-51-40-26-22-31-13-3-7-17-35(31)44(40)45-36-18-8-4-14-32(36)23-27-41(45)52-53/h1-2,5-6,9-12,15-16,19-28H,3-4,7-8,13-14,17-18H2,(H,48,49). The summed E-state index contributed by atoms with van der Waals surface area (Å²) in [6.45, 7) is 0. The van der Waals surface area contributed by atoms with Crippen LogP contribution in [0.2, 0.25) is 0 Å². The highest BCUT2D eigenvalue weighted by molar-refractivity contribution is 7.32. The van der Waals surface area contributed by atoms with Crippen LogP contribution in [0.4, 0.5) is 5.69 Å². The molecule has 260 valence electrons. The molecule has 0 fully saturated rings. The topological polar surface area (TPSA) is 77.5 Å². The third-order valence-corrected chi connectivity index (χ3v) is 12.0. The predicted molar refractivity (Wildman–Crippen MR) is 215 cm³/mol. The van der Waals surface area contributed by atoms with Crippen LogP contribution in [0.5, 0.6) is 5.75 Å². The normalized spacial score (nSPS) is 13.9. The molecule has 53 heavy (non-hydrogen) atoms. The monoisotopic (exact) mass is 712 g/mol. The van der Waals surface area contributed by atoms with E-state index in [9.17, 15) is 4.79 Å². The molecule has 0 atom stereocenters. The van der Waals surface area contributed by atoms with Crippen molar-refractivity contribution in [2.75, 3.05) is 5.32 Å². The fourth-order valence-electron chi connectivity index (χ4n) is 8.52. The Morgan fingerprint density at radius 3 is 1.83 bits per heavy atom. The number of hydrogen-bond donors (Lipinski definition) is 1. The lowest BCUT2D eigenvalue weighted by Gasteiger charge is -2.20. The summed E-state index contributed by atoms with van der Waals surface area (Å²) in [6, 6.07) is 38.7. The molecule has 2 aliphatic rings. The van der Waals surface area contributed by atoms with Gasteiger partial charge in [0.2, 0.25) is 0 Å². The van der Waals surface area contributed by atoms with Gasteiger partial charge < -0.3 is 18.2 Å². The van der Waals surface area contributed by atoms with Crippen molar-refractivity contribution in [3.05, 3.63) is 149 Å². The molecule has 0 saturated heterocycles. The van der Waals surface area contributed by atoms with Crippen molar-refractivity contribution in [2.24, 2.45) is 0 Å². The summed E-state index contributed by atoms with van der Waals surface area (Å²) in [5, 5.41) is 9.64. The van der Waals surface area contributed by atoms with Gasteiger partial charge in [-0.05, 0) is 132 Å². The van der Waals surface area contributed by atoms with Gasteiger partial charge in [0.05, 0.1) is 0 Å². The molecule has 10 rings (SSSR count). The minimum Gasteiger partial charge on any atom is -0.390 e. The van der Waals surface area contributed by atoms with E-state index in [0.717, 1.165) is 69.5 Å². The first-order valence-corrected chi connectivity index (χ1v) is 19.7. The lowest BCUT2D eigenvalue weighted by molar-refractivity contribution is 0.102. The quantitative estimate of drug-likeness (QED) is 0.192. The van der Waals surface area contributed by atoms with Crippen LogP contribution in [0.25, 0.3) is 54.6 Å². The zero-order chi connectivity index (χ0) is 35.3. The van der Waals surface area contributed by atoms with Gasteiger partial charge in [-0.2, -0.15) is 0 Å². The highest BCUT2D eigenvalue weighted by atomic mass is 31.1. The maximum atomic E-state index is 13.6. The van der Waals surface area contributed by atoms with E-state index in [-0.39, 0.29) is 5.91 Å². The van der Waals surface area contributed by atoms with Crippen molar-refractivity contribution in [1.82, 2.24) is 4.98 Å². The Labute approximate surface area is 308 Å². The molecule has 0 bridgehead atoms. The molecular weight excluding hydrogens is 675 g/mol. The van der Waals surface area contributed by atoms with Crippen LogP contribution < -0.4 is 9.84 Å². The number of anilines is 1. The van der Waals surface area contributed by atoms with Crippen molar-refractivity contribution >= 4 is 63.3 Å². The first-order valence-electron chi connectivity index (χ1n) is 18.6. The molecule has 2 heterocycles. The second-order valence-corrected chi connectivity index (χ2v) is 15.1. The van der Waals surface area contributed by atoms with Crippen LogP contribution in [0.15, 0.2) is 130 Å². The fourth-order valence-corrected chi connectivity index (χ4v) is 9.57. The molecule has 7 heteroatoms. The molecule has 0 unspecified atom stereocenters. The van der Waals surface area contributed by atoms with E-state index < -0.39 is 8.24 Å². The van der Waals surface area contributed by atoms with Crippen LogP contribution in [-0.4, -0.2) is 10.9 Å². The number of pyridine rings is 1. The molecule has 6 nitrogen and oxygen atoms in total. The summed E-state index contributed by atoms with van der Waals surface area (Å²) >= 11 is 0. The smallest absolute Gasteiger partial charge is 0.390 e. The predicted octanol–water partition coefficient (Wildman–Crippen LogP) is 12.5. The summed E-state index contributed by atoms with van der Waals surface area (Å²) in [5.41, 5.74) is 9.97. The van der Waals surface area contributed by atoms with Gasteiger partial charge in [-0.15, -0.1) is 0 Å². The van der Waals surface area contributed by atoms with E-state index >= 15 is 0 Å². The van der Waals surface area contributed by atoms with Crippen LogP contribution in [0, 0.1) is 0 Å². The van der Waals surface area contributed by atoms with Gasteiger partial charge >= 0.3 is 8.24 Å². The second-order valence-electron chi connectivity index (χ2n) is 14.1. The van der Waals surface area contributed by atoms with E-state index in [1.165, 1.54) is 58.7 Å². The summed E-state index contributed by atoms with van der Waals surface area (Å²) in [7, 11) is -1.94. The van der Waals surface area contributed by atoms with Crippen molar-refractivity contribution < 1.29 is 17.7 Å². The molecule has 0 saturated carbocycles. The number of nitrogens with one attached hydrogen (secondary N) is 1. The zero-order valence-corrected chi connectivity index (χ0v) is 30.1. The van der Waals surface area contributed by atoms with Crippen LogP contribution in [0.1, 0.15) is 58.4 Å². The van der Waals surface area contributed by atoms with Crippen LogP contribution in [-0.2, 0) is 25.7 Å². The maximum absolute atomic E-state index is 13.6. The zero-order valence-electron chi connectivity index (χ0n) is 29.2. The molecule has 2 aliphatic carbocycles. The van der Waals surface area contributed by atoms with E-state index in [2.05, 4.69) is 64.9 Å². The largest absolute Gasteiger partial charge is 0.453 e. The van der Waals surface area contributed by atoms with Gasteiger partial charge in [0, 0.05) is 33.8 Å². The SMILES string of the molecule is O=C(Nc1ccc2ccccc2c1-c1c(Op2oc3ccc4c(c3c3c5c(ccc3o2)CCCC5)CCCC4)ccc2ccccc12)c1ccccn1. The van der Waals surface area contributed by atoms with Crippen LogP contribution >= 0.6 is 8.24 Å². The first kappa shape index (κ1) is 31.9. The van der Waals surface area contributed by atoms with Gasteiger partial charge in [-0.1, -0.05) is 78.9 Å². The third kappa shape index (κ3) is 5.66. The lowest BCUT2D eigenvalue weighted by atomic mass is 9.84. The highest BCUT2D eigenvalue weighted by Gasteiger charge is 2.24. The van der Waals surface area contributed by atoms with E-state index in [1.807, 2.05) is 48.5 Å². The van der Waals surface area contributed by atoms with Crippen molar-refractivity contribution in [3.63, 3.8) is 0 Å². The molecule has 2 aromatic heterocycles. The van der Waals surface area contributed by atoms with Gasteiger partial charge in [-0.25, -0.2) is 0 Å². The van der Waals surface area contributed by atoms with Crippen molar-refractivity contribution in [3.8, 4) is 16.9 Å². The molecule has 0 aliphatic heterocycles. The minimum atomic E-state index is -1.94. The fraction of sp³-hybridized carbons (Fsp3) is 0.174. The Morgan fingerprint density at radius 2 is 1.19 bits per heavy atom. The number of carbonyl (C=O) groups is 1. The number of nitrogens with zero attached hydrogens (tertiary/aromatic N) is 1. The maximum Gasteiger partial charge on any atom is 0.453 e.